The van der Waals surface area contributed by atoms with Gasteiger partial charge in [-0.05, 0) is 55.2 Å². The van der Waals surface area contributed by atoms with E-state index >= 15 is 0 Å². The quantitative estimate of drug-likeness (QED) is 0.180. The molecule has 2 aliphatic heterocycles. The topological polar surface area (TPSA) is 147 Å². The van der Waals surface area contributed by atoms with E-state index in [-0.39, 0.29) is 29.0 Å². The second-order valence-electron chi connectivity index (χ2n) is 12.4. The van der Waals surface area contributed by atoms with Crippen molar-refractivity contribution in [1.82, 2.24) is 19.5 Å². The third-order valence-corrected chi connectivity index (χ3v) is 10.5. The van der Waals surface area contributed by atoms with Crippen LogP contribution >= 0.6 is 0 Å². The van der Waals surface area contributed by atoms with Gasteiger partial charge in [-0.15, -0.1) is 0 Å². The standard InChI is InChI=1S/C34H43FN6O6S/c35-14-10-26-12-16-40(17-13-26)34(42)32(23-28-6-8-30(9-7-28)41(43)44)38-48(45,46)33-24-36-15-11-31(33)37-29(22-27-4-2-1-3-5-27)25-39-18-20-47-21-19-39/h1-9,11,15,24,26,29,32,38H,10,12-14,16-23,25H2,(H,36,37)/t29-,32-/m0/s1. The van der Waals surface area contributed by atoms with Gasteiger partial charge in [0.15, 0.2) is 0 Å². The third kappa shape index (κ3) is 9.78. The lowest BCUT2D eigenvalue weighted by atomic mass is 9.93. The number of morpholine rings is 1. The van der Waals surface area contributed by atoms with Gasteiger partial charge >= 0.3 is 0 Å². The molecule has 5 rings (SSSR count). The van der Waals surface area contributed by atoms with Crippen molar-refractivity contribution >= 4 is 27.3 Å². The lowest BCUT2D eigenvalue weighted by molar-refractivity contribution is -0.384. The zero-order valence-electron chi connectivity index (χ0n) is 26.9. The van der Waals surface area contributed by atoms with Crippen LogP contribution in [0.1, 0.15) is 30.4 Å². The Labute approximate surface area is 280 Å². The molecule has 0 saturated carbocycles. The molecule has 0 radical (unpaired) electrons. The number of carbonyl (C=O) groups is 1. The molecule has 2 aliphatic rings. The predicted molar refractivity (Wildman–Crippen MR) is 180 cm³/mol. The van der Waals surface area contributed by atoms with Gasteiger partial charge in [-0.2, -0.15) is 4.72 Å². The minimum Gasteiger partial charge on any atom is -0.379 e. The average molecular weight is 683 g/mol. The first-order chi connectivity index (χ1) is 23.2. The Morgan fingerprint density at radius 3 is 2.35 bits per heavy atom. The number of pyridine rings is 1. The van der Waals surface area contributed by atoms with Crippen LogP contribution in [0.15, 0.2) is 78.0 Å². The molecule has 12 nitrogen and oxygen atoms in total. The summed E-state index contributed by atoms with van der Waals surface area (Å²) in [5.41, 5.74) is 1.92. The fraction of sp³-hybridized carbons (Fsp3) is 0.471. The number of carbonyl (C=O) groups excluding carboxylic acids is 1. The lowest BCUT2D eigenvalue weighted by Gasteiger charge is -2.34. The van der Waals surface area contributed by atoms with E-state index in [0.29, 0.717) is 69.8 Å². The number of nitro groups is 1. The highest BCUT2D eigenvalue weighted by molar-refractivity contribution is 7.89. The number of non-ortho nitro benzene ring substituents is 1. The molecule has 0 unspecified atom stereocenters. The molecule has 2 N–H and O–H groups in total. The van der Waals surface area contributed by atoms with E-state index in [9.17, 15) is 27.7 Å². The van der Waals surface area contributed by atoms with Gasteiger partial charge in [0.05, 0.1) is 30.5 Å². The highest BCUT2D eigenvalue weighted by atomic mass is 32.2. The molecule has 3 heterocycles. The molecule has 2 aromatic carbocycles. The normalized spacial score (nSPS) is 17.5. The Bertz CT molecular complexity index is 1600. The molecule has 0 spiro atoms. The van der Waals surface area contributed by atoms with Crippen molar-refractivity contribution in [2.24, 2.45) is 5.92 Å². The number of alkyl halides is 1. The number of nitrogens with zero attached hydrogens (tertiary/aromatic N) is 4. The number of benzene rings is 2. The first-order valence-corrected chi connectivity index (χ1v) is 17.8. The van der Waals surface area contributed by atoms with Gasteiger partial charge < -0.3 is 15.0 Å². The van der Waals surface area contributed by atoms with Crippen LogP contribution in [0.4, 0.5) is 15.8 Å². The zero-order chi connectivity index (χ0) is 33.9. The number of likely N-dealkylation sites (tertiary alicyclic amines) is 1. The minimum absolute atomic E-state index is 0.0167. The van der Waals surface area contributed by atoms with E-state index in [4.69, 9.17) is 4.74 Å². The molecule has 48 heavy (non-hydrogen) atoms. The zero-order valence-corrected chi connectivity index (χ0v) is 27.7. The number of hydrogen-bond acceptors (Lipinski definition) is 9. The van der Waals surface area contributed by atoms with Crippen LogP contribution in [0.2, 0.25) is 0 Å². The average Bonchev–Trinajstić information content (AvgIpc) is 3.09. The monoisotopic (exact) mass is 682 g/mol. The molecule has 0 bridgehead atoms. The molecular weight excluding hydrogens is 639 g/mol. The number of sulfonamides is 1. The van der Waals surface area contributed by atoms with Crippen LogP contribution < -0.4 is 10.0 Å². The van der Waals surface area contributed by atoms with Gasteiger partial charge in [0, 0.05) is 63.3 Å². The smallest absolute Gasteiger partial charge is 0.269 e. The molecule has 258 valence electrons. The van der Waals surface area contributed by atoms with Crippen molar-refractivity contribution in [2.75, 3.05) is 57.9 Å². The fourth-order valence-corrected chi connectivity index (χ4v) is 7.63. The minimum atomic E-state index is -4.30. The number of nitrogens with one attached hydrogen (secondary N) is 2. The summed E-state index contributed by atoms with van der Waals surface area (Å²) in [6.45, 7) is 3.84. The molecule has 2 fully saturated rings. The van der Waals surface area contributed by atoms with Crippen molar-refractivity contribution in [2.45, 2.75) is 49.1 Å². The van der Waals surface area contributed by atoms with Gasteiger partial charge in [0.25, 0.3) is 5.69 Å². The predicted octanol–water partition coefficient (Wildman–Crippen LogP) is 3.83. The van der Waals surface area contributed by atoms with Crippen LogP contribution in [0, 0.1) is 16.0 Å². The van der Waals surface area contributed by atoms with Crippen LogP contribution in [-0.4, -0.2) is 98.7 Å². The van der Waals surface area contributed by atoms with Crippen LogP contribution in [0.3, 0.4) is 0 Å². The number of halogens is 1. The summed E-state index contributed by atoms with van der Waals surface area (Å²) in [5, 5.41) is 14.7. The van der Waals surface area contributed by atoms with E-state index < -0.39 is 33.6 Å². The van der Waals surface area contributed by atoms with E-state index in [0.717, 1.165) is 18.7 Å². The Kier molecular flexibility index (Phi) is 12.4. The third-order valence-electron chi connectivity index (χ3n) is 8.97. The summed E-state index contributed by atoms with van der Waals surface area (Å²) >= 11 is 0. The second-order valence-corrected chi connectivity index (χ2v) is 14.0. The van der Waals surface area contributed by atoms with E-state index in [1.165, 1.54) is 36.7 Å². The summed E-state index contributed by atoms with van der Waals surface area (Å²) in [5.74, 6) is -0.225. The van der Waals surface area contributed by atoms with Crippen molar-refractivity contribution in [3.05, 3.63) is 94.3 Å². The van der Waals surface area contributed by atoms with Crippen LogP contribution in [0.25, 0.3) is 0 Å². The summed E-state index contributed by atoms with van der Waals surface area (Å²) in [6, 6.07) is 16.0. The SMILES string of the molecule is O=C([C@H](Cc1ccc([N+](=O)[O-])cc1)NS(=O)(=O)c1cnccc1N[C@@H](Cc1ccccc1)CN1CCOCC1)N1CCC(CCF)CC1. The van der Waals surface area contributed by atoms with Gasteiger partial charge in [0.2, 0.25) is 15.9 Å². The van der Waals surface area contributed by atoms with Crippen LogP contribution in [-0.2, 0) is 32.4 Å². The van der Waals surface area contributed by atoms with Gasteiger partial charge in [-0.3, -0.25) is 29.2 Å². The summed E-state index contributed by atoms with van der Waals surface area (Å²) in [7, 11) is -4.30. The maximum Gasteiger partial charge on any atom is 0.269 e. The van der Waals surface area contributed by atoms with E-state index in [1.807, 2.05) is 30.3 Å². The summed E-state index contributed by atoms with van der Waals surface area (Å²) < 4.78 is 49.4. The summed E-state index contributed by atoms with van der Waals surface area (Å²) in [4.78, 5) is 32.5. The van der Waals surface area contributed by atoms with Crippen molar-refractivity contribution < 1.29 is 27.3 Å². The molecule has 3 aromatic rings. The first kappa shape index (κ1) is 35.3. The Hall–Kier alpha value is -3.98. The largest absolute Gasteiger partial charge is 0.379 e. The Morgan fingerprint density at radius 1 is 1.00 bits per heavy atom. The lowest BCUT2D eigenvalue weighted by Crippen LogP contribution is -2.51. The number of ether oxygens (including phenoxy) is 1. The van der Waals surface area contributed by atoms with Gasteiger partial charge in [-0.25, -0.2) is 8.42 Å². The molecule has 2 saturated heterocycles. The van der Waals surface area contributed by atoms with Crippen molar-refractivity contribution in [1.29, 1.82) is 0 Å². The summed E-state index contributed by atoms with van der Waals surface area (Å²) in [6.07, 6.45) is 5.13. The highest BCUT2D eigenvalue weighted by Crippen LogP contribution is 2.25. The molecule has 0 aliphatic carbocycles. The van der Waals surface area contributed by atoms with Crippen molar-refractivity contribution in [3.8, 4) is 0 Å². The van der Waals surface area contributed by atoms with E-state index in [1.54, 1.807) is 11.0 Å². The molecule has 1 amide bonds. The number of rotatable bonds is 15. The van der Waals surface area contributed by atoms with E-state index in [2.05, 4.69) is 19.9 Å². The second kappa shape index (κ2) is 16.9. The molecular formula is C34H43FN6O6S. The number of hydrogen-bond donors (Lipinski definition) is 2. The number of amides is 1. The Balaban J connectivity index is 1.39. The maximum absolute atomic E-state index is 14.1. The molecule has 1 aromatic heterocycles. The number of nitro benzene ring substituents is 1. The van der Waals surface area contributed by atoms with Crippen LogP contribution in [0.5, 0.6) is 0 Å². The van der Waals surface area contributed by atoms with Crippen molar-refractivity contribution in [3.63, 3.8) is 0 Å². The number of aromatic nitrogens is 1. The molecule has 14 heteroatoms. The first-order valence-electron chi connectivity index (χ1n) is 16.4. The molecule has 2 atom stereocenters. The van der Waals surface area contributed by atoms with Gasteiger partial charge in [-0.1, -0.05) is 42.5 Å². The van der Waals surface area contributed by atoms with Gasteiger partial charge in [0.1, 0.15) is 10.9 Å². The fourth-order valence-electron chi connectivity index (χ4n) is 6.32. The maximum atomic E-state index is 14.1. The number of piperidine rings is 1. The Morgan fingerprint density at radius 2 is 1.69 bits per heavy atom. The number of anilines is 1. The highest BCUT2D eigenvalue weighted by Gasteiger charge is 2.33.